The van der Waals surface area contributed by atoms with E-state index in [0.29, 0.717) is 25.6 Å². The number of rotatable bonds is 10. The first-order chi connectivity index (χ1) is 13.6. The van der Waals surface area contributed by atoms with Crippen molar-refractivity contribution in [3.05, 3.63) is 59.9 Å². The maximum atomic E-state index is 13.0. The van der Waals surface area contributed by atoms with Crippen molar-refractivity contribution in [3.63, 3.8) is 0 Å². The summed E-state index contributed by atoms with van der Waals surface area (Å²) in [6.07, 6.45) is 5.49. The van der Waals surface area contributed by atoms with Gasteiger partial charge >= 0.3 is 0 Å². The van der Waals surface area contributed by atoms with Gasteiger partial charge in [0.15, 0.2) is 0 Å². The van der Waals surface area contributed by atoms with Gasteiger partial charge in [-0.3, -0.25) is 9.59 Å². The molecule has 0 saturated heterocycles. The van der Waals surface area contributed by atoms with Crippen molar-refractivity contribution < 1.29 is 9.59 Å². The summed E-state index contributed by atoms with van der Waals surface area (Å²) in [7, 11) is 0. The van der Waals surface area contributed by atoms with E-state index in [9.17, 15) is 9.59 Å². The molecule has 0 atom stereocenters. The van der Waals surface area contributed by atoms with E-state index in [-0.39, 0.29) is 18.4 Å². The number of carbonyl (C=O) groups excluding carboxylic acids is 2. The van der Waals surface area contributed by atoms with E-state index >= 15 is 0 Å². The Morgan fingerprint density at radius 3 is 2.43 bits per heavy atom. The Bertz CT molecular complexity index is 780. The molecule has 28 heavy (non-hydrogen) atoms. The first kappa shape index (κ1) is 20.2. The molecule has 1 aromatic heterocycles. The lowest BCUT2D eigenvalue weighted by atomic mass is 10.2. The highest BCUT2D eigenvalue weighted by atomic mass is 16.2. The Kier molecular flexibility index (Phi) is 6.90. The van der Waals surface area contributed by atoms with Gasteiger partial charge in [-0.05, 0) is 37.0 Å². The zero-order valence-corrected chi connectivity index (χ0v) is 17.0. The molecule has 0 bridgehead atoms. The minimum atomic E-state index is 0.0541. The van der Waals surface area contributed by atoms with Crippen LogP contribution in [0.15, 0.2) is 48.7 Å². The van der Waals surface area contributed by atoms with Gasteiger partial charge in [0.05, 0.1) is 13.1 Å². The standard InChI is InChI=1S/C23H31N3O2/c1-3-14-25(22(27)4-2)18-23(28)26(20-12-13-20)17-21-11-8-15-24(21)16-19-9-6-5-7-10-19/h5-11,15,20H,3-4,12-14,16-18H2,1-2H3. The van der Waals surface area contributed by atoms with Crippen LogP contribution in [0.1, 0.15) is 50.8 Å². The Labute approximate surface area is 167 Å². The molecule has 2 amide bonds. The summed E-state index contributed by atoms with van der Waals surface area (Å²) in [6, 6.07) is 14.8. The normalized spacial score (nSPS) is 13.4. The highest BCUT2D eigenvalue weighted by Crippen LogP contribution is 2.29. The molecule has 5 nitrogen and oxygen atoms in total. The predicted molar refractivity (Wildman–Crippen MR) is 111 cm³/mol. The fourth-order valence-corrected chi connectivity index (χ4v) is 3.55. The van der Waals surface area contributed by atoms with Crippen LogP contribution in [-0.2, 0) is 22.7 Å². The minimum Gasteiger partial charge on any atom is -0.345 e. The number of hydrogen-bond acceptors (Lipinski definition) is 2. The van der Waals surface area contributed by atoms with Crippen LogP contribution in [0.3, 0.4) is 0 Å². The van der Waals surface area contributed by atoms with Crippen molar-refractivity contribution in [2.24, 2.45) is 0 Å². The smallest absolute Gasteiger partial charge is 0.242 e. The molecule has 5 heteroatoms. The number of aromatic nitrogens is 1. The molecule has 150 valence electrons. The van der Waals surface area contributed by atoms with Crippen LogP contribution in [0.5, 0.6) is 0 Å². The molecule has 1 aliphatic carbocycles. The molecular weight excluding hydrogens is 350 g/mol. The number of amides is 2. The molecule has 0 aliphatic heterocycles. The largest absolute Gasteiger partial charge is 0.345 e. The van der Waals surface area contributed by atoms with Crippen molar-refractivity contribution in [1.29, 1.82) is 0 Å². The van der Waals surface area contributed by atoms with E-state index < -0.39 is 0 Å². The monoisotopic (exact) mass is 381 g/mol. The Hall–Kier alpha value is -2.56. The molecule has 1 fully saturated rings. The first-order valence-electron chi connectivity index (χ1n) is 10.4. The summed E-state index contributed by atoms with van der Waals surface area (Å²) in [5.74, 6) is 0.114. The zero-order chi connectivity index (χ0) is 19.9. The summed E-state index contributed by atoms with van der Waals surface area (Å²) in [5.41, 5.74) is 2.37. The van der Waals surface area contributed by atoms with Gasteiger partial charge in [-0.15, -0.1) is 0 Å². The quantitative estimate of drug-likeness (QED) is 0.630. The van der Waals surface area contributed by atoms with Gasteiger partial charge in [-0.1, -0.05) is 44.2 Å². The lowest BCUT2D eigenvalue weighted by molar-refractivity contribution is -0.141. The van der Waals surface area contributed by atoms with Gasteiger partial charge in [0.1, 0.15) is 0 Å². The van der Waals surface area contributed by atoms with Gasteiger partial charge in [-0.25, -0.2) is 0 Å². The highest BCUT2D eigenvalue weighted by Gasteiger charge is 2.34. The lowest BCUT2D eigenvalue weighted by Gasteiger charge is -2.28. The average Bonchev–Trinajstić information content (AvgIpc) is 3.46. The van der Waals surface area contributed by atoms with E-state index in [2.05, 4.69) is 29.0 Å². The van der Waals surface area contributed by atoms with Crippen molar-refractivity contribution in [2.75, 3.05) is 13.1 Å². The van der Waals surface area contributed by atoms with Gasteiger partial charge in [0, 0.05) is 37.4 Å². The molecule has 1 aliphatic rings. The van der Waals surface area contributed by atoms with Crippen LogP contribution >= 0.6 is 0 Å². The molecule has 0 unspecified atom stereocenters. The number of hydrogen-bond donors (Lipinski definition) is 0. The summed E-state index contributed by atoms with van der Waals surface area (Å²) < 4.78 is 2.21. The third-order valence-corrected chi connectivity index (χ3v) is 5.23. The first-order valence-corrected chi connectivity index (χ1v) is 10.4. The lowest BCUT2D eigenvalue weighted by Crippen LogP contribution is -2.43. The van der Waals surface area contributed by atoms with Gasteiger partial charge < -0.3 is 14.4 Å². The Balaban J connectivity index is 1.69. The van der Waals surface area contributed by atoms with Gasteiger partial charge in [0.25, 0.3) is 0 Å². The fraction of sp³-hybridized carbons (Fsp3) is 0.478. The van der Waals surface area contributed by atoms with Crippen molar-refractivity contribution in [2.45, 2.75) is 58.7 Å². The maximum absolute atomic E-state index is 13.0. The molecule has 0 radical (unpaired) electrons. The second kappa shape index (κ2) is 9.58. The van der Waals surface area contributed by atoms with E-state index in [1.807, 2.05) is 43.0 Å². The van der Waals surface area contributed by atoms with Crippen molar-refractivity contribution in [3.8, 4) is 0 Å². The van der Waals surface area contributed by atoms with Crippen LogP contribution in [0, 0.1) is 0 Å². The molecule has 1 heterocycles. The maximum Gasteiger partial charge on any atom is 0.242 e. The van der Waals surface area contributed by atoms with Crippen LogP contribution in [0.25, 0.3) is 0 Å². The third-order valence-electron chi connectivity index (χ3n) is 5.23. The molecule has 0 spiro atoms. The second-order valence-electron chi connectivity index (χ2n) is 7.53. The Morgan fingerprint density at radius 1 is 1.04 bits per heavy atom. The molecule has 1 saturated carbocycles. The topological polar surface area (TPSA) is 45.6 Å². The Morgan fingerprint density at radius 2 is 1.79 bits per heavy atom. The van der Waals surface area contributed by atoms with E-state index in [0.717, 1.165) is 31.5 Å². The minimum absolute atomic E-state index is 0.0541. The number of benzene rings is 1. The predicted octanol–water partition coefficient (Wildman–Crippen LogP) is 3.68. The van der Waals surface area contributed by atoms with E-state index in [1.165, 1.54) is 5.56 Å². The summed E-state index contributed by atoms with van der Waals surface area (Å²) in [5, 5.41) is 0. The van der Waals surface area contributed by atoms with Crippen molar-refractivity contribution >= 4 is 11.8 Å². The van der Waals surface area contributed by atoms with E-state index in [1.54, 1.807) is 4.90 Å². The highest BCUT2D eigenvalue weighted by molar-refractivity contribution is 5.85. The van der Waals surface area contributed by atoms with Crippen LogP contribution in [-0.4, -0.2) is 45.3 Å². The molecule has 0 N–H and O–H groups in total. The van der Waals surface area contributed by atoms with Crippen LogP contribution < -0.4 is 0 Å². The van der Waals surface area contributed by atoms with Crippen LogP contribution in [0.2, 0.25) is 0 Å². The van der Waals surface area contributed by atoms with Crippen molar-refractivity contribution in [1.82, 2.24) is 14.4 Å². The SMILES string of the molecule is CCCN(CC(=O)N(Cc1cccn1Cc1ccccc1)C1CC1)C(=O)CC. The zero-order valence-electron chi connectivity index (χ0n) is 17.0. The molecule has 1 aromatic carbocycles. The van der Waals surface area contributed by atoms with E-state index in [4.69, 9.17) is 0 Å². The van der Waals surface area contributed by atoms with Crippen LogP contribution in [0.4, 0.5) is 0 Å². The molecule has 3 rings (SSSR count). The summed E-state index contributed by atoms with van der Waals surface area (Å²) in [6.45, 7) is 6.12. The van der Waals surface area contributed by atoms with Gasteiger partial charge in [0.2, 0.25) is 11.8 Å². The molecule has 2 aromatic rings. The third kappa shape index (κ3) is 5.24. The summed E-state index contributed by atoms with van der Waals surface area (Å²) in [4.78, 5) is 28.9. The summed E-state index contributed by atoms with van der Waals surface area (Å²) >= 11 is 0. The van der Waals surface area contributed by atoms with Gasteiger partial charge in [-0.2, -0.15) is 0 Å². The number of carbonyl (C=O) groups is 2. The molecular formula is C23H31N3O2. The number of nitrogens with zero attached hydrogens (tertiary/aromatic N) is 3. The average molecular weight is 382 g/mol. The second-order valence-corrected chi connectivity index (χ2v) is 7.53. The fourth-order valence-electron chi connectivity index (χ4n) is 3.55.